The van der Waals surface area contributed by atoms with Gasteiger partial charge in [0, 0.05) is 20.0 Å². The maximum absolute atomic E-state index is 11.4. The predicted octanol–water partition coefficient (Wildman–Crippen LogP) is 1.99. The summed E-state index contributed by atoms with van der Waals surface area (Å²) in [5.41, 5.74) is 1.71. The zero-order valence-corrected chi connectivity index (χ0v) is 10.3. The van der Waals surface area contributed by atoms with Crippen LogP contribution in [-0.4, -0.2) is 27.2 Å². The number of anilines is 1. The molecular formula is C12H17NO3. The van der Waals surface area contributed by atoms with Crippen LogP contribution in [0.4, 0.5) is 5.69 Å². The first kappa shape index (κ1) is 12.4. The van der Waals surface area contributed by atoms with Gasteiger partial charge >= 0.3 is 0 Å². The van der Waals surface area contributed by atoms with Crippen molar-refractivity contribution >= 4 is 11.6 Å². The third-order valence-electron chi connectivity index (χ3n) is 2.50. The van der Waals surface area contributed by atoms with Gasteiger partial charge < -0.3 is 14.4 Å². The van der Waals surface area contributed by atoms with Crippen molar-refractivity contribution in [1.82, 2.24) is 0 Å². The van der Waals surface area contributed by atoms with Crippen LogP contribution in [0, 0.1) is 6.92 Å². The SMILES string of the molecule is COc1cc(C)c(N(C)C(C)=O)c(OC)c1. The van der Waals surface area contributed by atoms with Crippen molar-refractivity contribution in [2.45, 2.75) is 13.8 Å². The number of hydrogen-bond donors (Lipinski definition) is 0. The molecule has 0 spiro atoms. The zero-order chi connectivity index (χ0) is 12.3. The molecule has 0 aliphatic carbocycles. The Morgan fingerprint density at radius 2 is 1.88 bits per heavy atom. The van der Waals surface area contributed by atoms with Crippen LogP contribution in [0.3, 0.4) is 0 Å². The summed E-state index contributed by atoms with van der Waals surface area (Å²) in [4.78, 5) is 12.9. The fraction of sp³-hybridized carbons (Fsp3) is 0.417. The van der Waals surface area contributed by atoms with Gasteiger partial charge in [0.15, 0.2) is 0 Å². The number of benzene rings is 1. The number of rotatable bonds is 3. The normalized spacial score (nSPS) is 9.81. The maximum Gasteiger partial charge on any atom is 0.223 e. The van der Waals surface area contributed by atoms with Gasteiger partial charge in [0.2, 0.25) is 5.91 Å². The number of hydrogen-bond acceptors (Lipinski definition) is 3. The number of carbonyl (C=O) groups is 1. The van der Waals surface area contributed by atoms with Crippen LogP contribution in [0.5, 0.6) is 11.5 Å². The topological polar surface area (TPSA) is 38.8 Å². The van der Waals surface area contributed by atoms with Gasteiger partial charge in [-0.3, -0.25) is 4.79 Å². The molecule has 0 bridgehead atoms. The number of amides is 1. The maximum atomic E-state index is 11.4. The quantitative estimate of drug-likeness (QED) is 0.786. The van der Waals surface area contributed by atoms with Crippen molar-refractivity contribution in [2.75, 3.05) is 26.2 Å². The average Bonchev–Trinajstić information content (AvgIpc) is 2.26. The van der Waals surface area contributed by atoms with Crippen molar-refractivity contribution in [3.63, 3.8) is 0 Å². The van der Waals surface area contributed by atoms with Gasteiger partial charge in [-0.15, -0.1) is 0 Å². The van der Waals surface area contributed by atoms with E-state index < -0.39 is 0 Å². The Balaban J connectivity index is 3.31. The van der Waals surface area contributed by atoms with E-state index in [0.717, 1.165) is 17.0 Å². The van der Waals surface area contributed by atoms with Crippen molar-refractivity contribution in [2.24, 2.45) is 0 Å². The number of aryl methyl sites for hydroxylation is 1. The standard InChI is InChI=1S/C12H17NO3/c1-8-6-10(15-4)7-11(16-5)12(8)13(3)9(2)14/h6-7H,1-5H3. The first-order valence-corrected chi connectivity index (χ1v) is 4.98. The molecule has 0 aliphatic heterocycles. The summed E-state index contributed by atoms with van der Waals surface area (Å²) >= 11 is 0. The van der Waals surface area contributed by atoms with Crippen LogP contribution < -0.4 is 14.4 Å². The molecule has 0 unspecified atom stereocenters. The Bertz CT molecular complexity index is 401. The van der Waals surface area contributed by atoms with Crippen molar-refractivity contribution < 1.29 is 14.3 Å². The Kier molecular flexibility index (Phi) is 3.77. The van der Waals surface area contributed by atoms with Crippen LogP contribution in [0.15, 0.2) is 12.1 Å². The fourth-order valence-corrected chi connectivity index (χ4v) is 1.58. The summed E-state index contributed by atoms with van der Waals surface area (Å²) in [5.74, 6) is 1.32. The van der Waals surface area contributed by atoms with Gasteiger partial charge in [-0.05, 0) is 18.6 Å². The molecule has 4 nitrogen and oxygen atoms in total. The van der Waals surface area contributed by atoms with E-state index in [4.69, 9.17) is 9.47 Å². The van der Waals surface area contributed by atoms with Crippen LogP contribution in [0.2, 0.25) is 0 Å². The van der Waals surface area contributed by atoms with Crippen molar-refractivity contribution in [3.8, 4) is 11.5 Å². The van der Waals surface area contributed by atoms with E-state index in [1.165, 1.54) is 6.92 Å². The first-order valence-electron chi connectivity index (χ1n) is 4.98. The monoisotopic (exact) mass is 223 g/mol. The third kappa shape index (κ3) is 2.27. The number of ether oxygens (including phenoxy) is 2. The molecule has 0 aliphatic rings. The molecule has 0 atom stereocenters. The predicted molar refractivity (Wildman–Crippen MR) is 63.4 cm³/mol. The Hall–Kier alpha value is -1.71. The summed E-state index contributed by atoms with van der Waals surface area (Å²) in [7, 11) is 4.90. The van der Waals surface area contributed by atoms with Gasteiger partial charge in [0.25, 0.3) is 0 Å². The van der Waals surface area contributed by atoms with Crippen LogP contribution >= 0.6 is 0 Å². The van der Waals surface area contributed by atoms with E-state index in [9.17, 15) is 4.79 Å². The largest absolute Gasteiger partial charge is 0.497 e. The molecule has 0 heterocycles. The van der Waals surface area contributed by atoms with E-state index >= 15 is 0 Å². The highest BCUT2D eigenvalue weighted by atomic mass is 16.5. The summed E-state index contributed by atoms with van der Waals surface area (Å²) < 4.78 is 10.4. The van der Waals surface area contributed by atoms with E-state index in [1.54, 1.807) is 32.2 Å². The van der Waals surface area contributed by atoms with E-state index in [1.807, 2.05) is 13.0 Å². The lowest BCUT2D eigenvalue weighted by molar-refractivity contribution is -0.116. The smallest absolute Gasteiger partial charge is 0.223 e. The number of nitrogens with zero attached hydrogens (tertiary/aromatic N) is 1. The Labute approximate surface area is 95.8 Å². The lowest BCUT2D eigenvalue weighted by atomic mass is 10.1. The van der Waals surface area contributed by atoms with Gasteiger partial charge in [0.05, 0.1) is 19.9 Å². The second kappa shape index (κ2) is 4.88. The van der Waals surface area contributed by atoms with Crippen LogP contribution in [-0.2, 0) is 4.79 Å². The van der Waals surface area contributed by atoms with E-state index in [2.05, 4.69) is 0 Å². The second-order valence-electron chi connectivity index (χ2n) is 3.57. The van der Waals surface area contributed by atoms with E-state index in [-0.39, 0.29) is 5.91 Å². The highest BCUT2D eigenvalue weighted by Crippen LogP contribution is 2.35. The van der Waals surface area contributed by atoms with Crippen molar-refractivity contribution in [3.05, 3.63) is 17.7 Å². The Morgan fingerprint density at radius 3 is 2.31 bits per heavy atom. The minimum Gasteiger partial charge on any atom is -0.497 e. The molecule has 1 aromatic carbocycles. The van der Waals surface area contributed by atoms with Crippen LogP contribution in [0.25, 0.3) is 0 Å². The average molecular weight is 223 g/mol. The summed E-state index contributed by atoms with van der Waals surface area (Å²) in [5, 5.41) is 0. The molecule has 0 N–H and O–H groups in total. The molecule has 1 aromatic rings. The molecule has 0 fully saturated rings. The molecule has 16 heavy (non-hydrogen) atoms. The molecular weight excluding hydrogens is 206 g/mol. The zero-order valence-electron chi connectivity index (χ0n) is 10.3. The van der Waals surface area contributed by atoms with Crippen molar-refractivity contribution in [1.29, 1.82) is 0 Å². The second-order valence-corrected chi connectivity index (χ2v) is 3.57. The minimum atomic E-state index is -0.0356. The summed E-state index contributed by atoms with van der Waals surface area (Å²) in [6, 6.07) is 3.64. The highest BCUT2D eigenvalue weighted by molar-refractivity contribution is 5.93. The summed E-state index contributed by atoms with van der Waals surface area (Å²) in [6.45, 7) is 3.43. The fourth-order valence-electron chi connectivity index (χ4n) is 1.58. The first-order chi connectivity index (χ1) is 7.51. The highest BCUT2D eigenvalue weighted by Gasteiger charge is 2.16. The third-order valence-corrected chi connectivity index (χ3v) is 2.50. The molecule has 0 radical (unpaired) electrons. The molecule has 4 heteroatoms. The van der Waals surface area contributed by atoms with Gasteiger partial charge in [-0.1, -0.05) is 0 Å². The lowest BCUT2D eigenvalue weighted by Crippen LogP contribution is -2.24. The van der Waals surface area contributed by atoms with Gasteiger partial charge in [0.1, 0.15) is 11.5 Å². The number of methoxy groups -OCH3 is 2. The molecule has 1 amide bonds. The minimum absolute atomic E-state index is 0.0356. The van der Waals surface area contributed by atoms with Gasteiger partial charge in [-0.25, -0.2) is 0 Å². The summed E-state index contributed by atoms with van der Waals surface area (Å²) in [6.07, 6.45) is 0. The molecule has 88 valence electrons. The lowest BCUT2D eigenvalue weighted by Gasteiger charge is -2.21. The molecule has 0 aromatic heterocycles. The van der Waals surface area contributed by atoms with Gasteiger partial charge in [-0.2, -0.15) is 0 Å². The van der Waals surface area contributed by atoms with Crippen LogP contribution in [0.1, 0.15) is 12.5 Å². The Morgan fingerprint density at radius 1 is 1.25 bits per heavy atom. The molecule has 1 rings (SSSR count). The molecule has 0 saturated carbocycles. The number of carbonyl (C=O) groups excluding carboxylic acids is 1. The molecule has 0 saturated heterocycles. The van der Waals surface area contributed by atoms with E-state index in [0.29, 0.717) is 5.75 Å².